The van der Waals surface area contributed by atoms with Crippen LogP contribution in [0.2, 0.25) is 0 Å². The summed E-state index contributed by atoms with van der Waals surface area (Å²) >= 11 is 0. The molecule has 0 atom stereocenters. The molecule has 1 heterocycles. The van der Waals surface area contributed by atoms with Crippen molar-refractivity contribution >= 4 is 29.0 Å². The zero-order valence-electron chi connectivity index (χ0n) is 13.1. The Morgan fingerprint density at radius 1 is 1.26 bits per heavy atom. The number of nitrogen functional groups attached to an aromatic ring is 2. The molecule has 1 aromatic heterocycles. The Bertz CT molecular complexity index is 765. The van der Waals surface area contributed by atoms with Crippen LogP contribution >= 0.6 is 0 Å². The highest BCUT2D eigenvalue weighted by Crippen LogP contribution is 2.26. The van der Waals surface area contributed by atoms with Crippen LogP contribution in [0.3, 0.4) is 0 Å². The van der Waals surface area contributed by atoms with E-state index in [1.54, 1.807) is 36.7 Å². The van der Waals surface area contributed by atoms with Gasteiger partial charge in [0.2, 0.25) is 0 Å². The first-order valence-corrected chi connectivity index (χ1v) is 7.19. The number of halogens is 1. The maximum Gasteiger partial charge on any atom is 0.155 e. The first kappa shape index (κ1) is 16.5. The Morgan fingerprint density at radius 3 is 2.65 bits per heavy atom. The van der Waals surface area contributed by atoms with Crippen molar-refractivity contribution in [2.24, 2.45) is 10.7 Å². The third-order valence-electron chi connectivity index (χ3n) is 3.20. The first-order valence-electron chi connectivity index (χ1n) is 7.19. The van der Waals surface area contributed by atoms with Crippen LogP contribution in [0.1, 0.15) is 25.0 Å². The van der Waals surface area contributed by atoms with Gasteiger partial charge in [-0.3, -0.25) is 4.99 Å². The fourth-order valence-electron chi connectivity index (χ4n) is 2.04. The molecule has 0 spiro atoms. The van der Waals surface area contributed by atoms with Gasteiger partial charge in [0.1, 0.15) is 5.82 Å². The second kappa shape index (κ2) is 6.91. The molecule has 0 radical (unpaired) electrons. The number of nitrogens with zero attached hydrogens (tertiary/aromatic N) is 2. The summed E-state index contributed by atoms with van der Waals surface area (Å²) in [7, 11) is 0. The van der Waals surface area contributed by atoms with Gasteiger partial charge >= 0.3 is 0 Å². The van der Waals surface area contributed by atoms with Crippen LogP contribution in [-0.2, 0) is 0 Å². The number of benzene rings is 1. The monoisotopic (exact) mass is 313 g/mol. The minimum Gasteiger partial charge on any atom is -0.398 e. The normalized spacial score (nSPS) is 12.7. The molecule has 0 unspecified atom stereocenters. The van der Waals surface area contributed by atoms with Crippen molar-refractivity contribution in [3.63, 3.8) is 0 Å². The summed E-state index contributed by atoms with van der Waals surface area (Å²) < 4.78 is 14.3. The van der Waals surface area contributed by atoms with E-state index in [4.69, 9.17) is 17.2 Å². The smallest absolute Gasteiger partial charge is 0.155 e. The molecule has 0 aliphatic heterocycles. The van der Waals surface area contributed by atoms with Crippen LogP contribution in [0.5, 0.6) is 0 Å². The molecule has 0 saturated carbocycles. The maximum absolute atomic E-state index is 14.3. The molecule has 6 heteroatoms. The van der Waals surface area contributed by atoms with E-state index < -0.39 is 5.82 Å². The molecule has 2 rings (SSSR count). The molecule has 1 aromatic carbocycles. The molecule has 0 fully saturated rings. The standard InChI is InChI=1S/C17H20FN5/c1-10(2)23-9-13(11-6-7-22-15(20)8-11)17(21)12-4-3-5-14(19)16(12)18/h3-10H,19,21H2,1-2H3,(H2,20,22). The van der Waals surface area contributed by atoms with E-state index in [0.717, 1.165) is 0 Å². The SMILES string of the molecule is CC(C)N=CC(=C(N)c1cccc(N)c1F)c1ccnc(N)c1. The lowest BCUT2D eigenvalue weighted by molar-refractivity contribution is 0.628. The molecule has 0 aliphatic carbocycles. The Hall–Kier alpha value is -2.89. The molecular weight excluding hydrogens is 293 g/mol. The van der Waals surface area contributed by atoms with Gasteiger partial charge in [0.25, 0.3) is 0 Å². The number of nitrogens with two attached hydrogens (primary N) is 3. The van der Waals surface area contributed by atoms with Crippen LogP contribution in [0.4, 0.5) is 15.9 Å². The molecule has 6 N–H and O–H groups in total. The summed E-state index contributed by atoms with van der Waals surface area (Å²) in [6, 6.07) is 8.20. The number of rotatable bonds is 4. The highest BCUT2D eigenvalue weighted by Gasteiger charge is 2.13. The highest BCUT2D eigenvalue weighted by molar-refractivity contribution is 6.19. The van der Waals surface area contributed by atoms with Gasteiger partial charge < -0.3 is 17.2 Å². The van der Waals surface area contributed by atoms with E-state index in [0.29, 0.717) is 17.0 Å². The molecule has 23 heavy (non-hydrogen) atoms. The first-order chi connectivity index (χ1) is 10.9. The minimum absolute atomic E-state index is 0.0415. The quantitative estimate of drug-likeness (QED) is 0.596. The lowest BCUT2D eigenvalue weighted by atomic mass is 10.0. The van der Waals surface area contributed by atoms with Gasteiger partial charge in [-0.25, -0.2) is 9.37 Å². The Kier molecular flexibility index (Phi) is 4.95. The molecule has 5 nitrogen and oxygen atoms in total. The van der Waals surface area contributed by atoms with E-state index in [9.17, 15) is 4.39 Å². The number of anilines is 2. The number of aromatic nitrogens is 1. The van der Waals surface area contributed by atoms with Gasteiger partial charge in [-0.05, 0) is 43.7 Å². The van der Waals surface area contributed by atoms with Gasteiger partial charge in [-0.15, -0.1) is 0 Å². The van der Waals surface area contributed by atoms with Gasteiger partial charge in [0.05, 0.1) is 11.4 Å². The summed E-state index contributed by atoms with van der Waals surface area (Å²) in [6.07, 6.45) is 3.19. The van der Waals surface area contributed by atoms with Gasteiger partial charge in [-0.1, -0.05) is 6.07 Å². The van der Waals surface area contributed by atoms with Crippen molar-refractivity contribution < 1.29 is 4.39 Å². The van der Waals surface area contributed by atoms with Gasteiger partial charge in [0.15, 0.2) is 5.82 Å². The second-order valence-corrected chi connectivity index (χ2v) is 5.38. The zero-order valence-corrected chi connectivity index (χ0v) is 13.1. The Labute approximate surface area is 134 Å². The average Bonchev–Trinajstić information content (AvgIpc) is 2.50. The third-order valence-corrected chi connectivity index (χ3v) is 3.20. The van der Waals surface area contributed by atoms with Crippen molar-refractivity contribution in [1.82, 2.24) is 4.98 Å². The lowest BCUT2D eigenvalue weighted by Gasteiger charge is -2.11. The average molecular weight is 313 g/mol. The Morgan fingerprint density at radius 2 is 2.00 bits per heavy atom. The van der Waals surface area contributed by atoms with E-state index >= 15 is 0 Å². The van der Waals surface area contributed by atoms with E-state index in [-0.39, 0.29) is 23.0 Å². The lowest BCUT2D eigenvalue weighted by Crippen LogP contribution is -2.07. The molecule has 0 bridgehead atoms. The van der Waals surface area contributed by atoms with Crippen molar-refractivity contribution in [2.45, 2.75) is 19.9 Å². The van der Waals surface area contributed by atoms with Gasteiger partial charge in [0, 0.05) is 29.6 Å². The minimum atomic E-state index is -0.553. The summed E-state index contributed by atoms with van der Waals surface area (Å²) in [5.41, 5.74) is 19.4. The summed E-state index contributed by atoms with van der Waals surface area (Å²) in [5.74, 6) is -0.207. The van der Waals surface area contributed by atoms with Crippen LogP contribution in [0, 0.1) is 5.82 Å². The molecule has 0 saturated heterocycles. The van der Waals surface area contributed by atoms with Crippen molar-refractivity contribution in [3.05, 3.63) is 53.5 Å². The zero-order chi connectivity index (χ0) is 17.0. The summed E-state index contributed by atoms with van der Waals surface area (Å²) in [4.78, 5) is 8.31. The number of hydrogen-bond acceptors (Lipinski definition) is 5. The van der Waals surface area contributed by atoms with Crippen molar-refractivity contribution in [3.8, 4) is 0 Å². The van der Waals surface area contributed by atoms with Crippen LogP contribution in [0.25, 0.3) is 11.3 Å². The number of aliphatic imine (C=N–C) groups is 1. The predicted molar refractivity (Wildman–Crippen MR) is 94.1 cm³/mol. The van der Waals surface area contributed by atoms with Crippen LogP contribution < -0.4 is 17.2 Å². The Balaban J connectivity index is 2.66. The molecule has 0 aliphatic rings. The van der Waals surface area contributed by atoms with Gasteiger partial charge in [-0.2, -0.15) is 0 Å². The topological polar surface area (TPSA) is 103 Å². The summed E-state index contributed by atoms with van der Waals surface area (Å²) in [5, 5.41) is 0. The fraction of sp³-hybridized carbons (Fsp3) is 0.176. The highest BCUT2D eigenvalue weighted by atomic mass is 19.1. The number of hydrogen-bond donors (Lipinski definition) is 3. The van der Waals surface area contributed by atoms with Crippen LogP contribution in [-0.4, -0.2) is 17.2 Å². The second-order valence-electron chi connectivity index (χ2n) is 5.38. The van der Waals surface area contributed by atoms with E-state index in [1.807, 2.05) is 13.8 Å². The molecular formula is C17H20FN5. The van der Waals surface area contributed by atoms with Crippen molar-refractivity contribution in [1.29, 1.82) is 0 Å². The number of pyridine rings is 1. The predicted octanol–water partition coefficient (Wildman–Crippen LogP) is 2.69. The fourth-order valence-corrected chi connectivity index (χ4v) is 2.04. The van der Waals surface area contributed by atoms with Crippen molar-refractivity contribution in [2.75, 3.05) is 11.5 Å². The maximum atomic E-state index is 14.3. The molecule has 0 amide bonds. The van der Waals surface area contributed by atoms with E-state index in [1.165, 1.54) is 6.07 Å². The van der Waals surface area contributed by atoms with Crippen LogP contribution in [0.15, 0.2) is 41.5 Å². The summed E-state index contributed by atoms with van der Waals surface area (Å²) in [6.45, 7) is 3.87. The largest absolute Gasteiger partial charge is 0.398 e. The van der Waals surface area contributed by atoms with E-state index in [2.05, 4.69) is 9.98 Å². The third kappa shape index (κ3) is 3.85. The molecule has 2 aromatic rings. The number of allylic oxidation sites excluding steroid dienone is 1. The molecule has 120 valence electrons.